The highest BCUT2D eigenvalue weighted by Gasteiger charge is 2.10. The zero-order valence-corrected chi connectivity index (χ0v) is 11.6. The number of halogens is 2. The molecule has 3 rings (SSSR count). The van der Waals surface area contributed by atoms with Crippen LogP contribution in [0.1, 0.15) is 0 Å². The van der Waals surface area contributed by atoms with Crippen molar-refractivity contribution >= 4 is 21.6 Å². The third-order valence-corrected chi connectivity index (χ3v) is 3.11. The van der Waals surface area contributed by atoms with E-state index in [-0.39, 0.29) is 5.82 Å². The standard InChI is InChI=1S/C13H9BrFN3O/c1-19-11-4-2-8(15)6-9(11)10-3-5-13-16-12(14)7-18(13)17-10/h2-7H,1H3. The van der Waals surface area contributed by atoms with Crippen molar-refractivity contribution in [3.8, 4) is 17.0 Å². The Morgan fingerprint density at radius 2 is 2.11 bits per heavy atom. The molecule has 0 N–H and O–H groups in total. The molecule has 96 valence electrons. The molecule has 4 nitrogen and oxygen atoms in total. The van der Waals surface area contributed by atoms with Gasteiger partial charge in [0.25, 0.3) is 0 Å². The molecular formula is C13H9BrFN3O. The SMILES string of the molecule is COc1ccc(F)cc1-c1ccc2nc(Br)cn2n1. The molecule has 0 unspecified atom stereocenters. The number of hydrogen-bond donors (Lipinski definition) is 0. The molecule has 6 heteroatoms. The summed E-state index contributed by atoms with van der Waals surface area (Å²) in [5, 5.41) is 4.39. The number of aromatic nitrogens is 3. The lowest BCUT2D eigenvalue weighted by Crippen LogP contribution is -1.96. The highest BCUT2D eigenvalue weighted by atomic mass is 79.9. The zero-order valence-electron chi connectivity index (χ0n) is 9.97. The first-order valence-corrected chi connectivity index (χ1v) is 6.32. The van der Waals surface area contributed by atoms with Crippen LogP contribution in [0.3, 0.4) is 0 Å². The predicted molar refractivity (Wildman–Crippen MR) is 72.6 cm³/mol. The maximum atomic E-state index is 13.4. The second kappa shape index (κ2) is 4.62. The van der Waals surface area contributed by atoms with E-state index in [0.717, 1.165) is 0 Å². The van der Waals surface area contributed by atoms with Crippen LogP contribution in [0, 0.1) is 5.82 Å². The summed E-state index contributed by atoms with van der Waals surface area (Å²) in [7, 11) is 1.54. The molecule has 0 amide bonds. The Morgan fingerprint density at radius 3 is 2.89 bits per heavy atom. The average Bonchev–Trinajstić information content (AvgIpc) is 2.77. The van der Waals surface area contributed by atoms with Gasteiger partial charge in [-0.15, -0.1) is 0 Å². The summed E-state index contributed by atoms with van der Waals surface area (Å²) in [6.45, 7) is 0. The number of nitrogens with zero attached hydrogens (tertiary/aromatic N) is 3. The summed E-state index contributed by atoms with van der Waals surface area (Å²) < 4.78 is 20.9. The van der Waals surface area contributed by atoms with E-state index in [0.29, 0.717) is 27.3 Å². The van der Waals surface area contributed by atoms with Crippen molar-refractivity contribution in [3.63, 3.8) is 0 Å². The second-order valence-electron chi connectivity index (χ2n) is 3.93. The van der Waals surface area contributed by atoms with Crippen molar-refractivity contribution in [1.82, 2.24) is 14.6 Å². The first-order valence-electron chi connectivity index (χ1n) is 5.53. The number of ether oxygens (including phenoxy) is 1. The van der Waals surface area contributed by atoms with Crippen LogP contribution in [0.15, 0.2) is 41.1 Å². The number of fused-ring (bicyclic) bond motifs is 1. The number of rotatable bonds is 2. The van der Waals surface area contributed by atoms with Gasteiger partial charge >= 0.3 is 0 Å². The lowest BCUT2D eigenvalue weighted by Gasteiger charge is -2.08. The molecule has 0 saturated heterocycles. The van der Waals surface area contributed by atoms with E-state index in [1.54, 1.807) is 30.0 Å². The molecule has 0 radical (unpaired) electrons. The quantitative estimate of drug-likeness (QED) is 0.727. The fourth-order valence-electron chi connectivity index (χ4n) is 1.88. The van der Waals surface area contributed by atoms with Gasteiger partial charge in [0.05, 0.1) is 19.0 Å². The highest BCUT2D eigenvalue weighted by molar-refractivity contribution is 9.10. The summed E-state index contributed by atoms with van der Waals surface area (Å²) in [6.07, 6.45) is 1.74. The minimum Gasteiger partial charge on any atom is -0.496 e. The van der Waals surface area contributed by atoms with Gasteiger partial charge in [-0.25, -0.2) is 13.9 Å². The summed E-state index contributed by atoms with van der Waals surface area (Å²) in [5.41, 5.74) is 1.94. The van der Waals surface area contributed by atoms with Crippen LogP contribution >= 0.6 is 15.9 Å². The van der Waals surface area contributed by atoms with E-state index in [1.165, 1.54) is 12.1 Å². The summed E-state index contributed by atoms with van der Waals surface area (Å²) >= 11 is 3.29. The molecule has 19 heavy (non-hydrogen) atoms. The van der Waals surface area contributed by atoms with Crippen molar-refractivity contribution in [2.24, 2.45) is 0 Å². The van der Waals surface area contributed by atoms with Crippen molar-refractivity contribution in [2.75, 3.05) is 7.11 Å². The van der Waals surface area contributed by atoms with E-state index in [4.69, 9.17) is 4.74 Å². The molecule has 2 heterocycles. The molecule has 0 bridgehead atoms. The fraction of sp³-hybridized carbons (Fsp3) is 0.0769. The molecule has 0 saturated carbocycles. The molecule has 3 aromatic rings. The van der Waals surface area contributed by atoms with Gasteiger partial charge in [-0.2, -0.15) is 5.10 Å². The van der Waals surface area contributed by atoms with Crippen LogP contribution in [-0.2, 0) is 0 Å². The largest absolute Gasteiger partial charge is 0.496 e. The van der Waals surface area contributed by atoms with Crippen molar-refractivity contribution in [1.29, 1.82) is 0 Å². The van der Waals surface area contributed by atoms with E-state index in [9.17, 15) is 4.39 Å². The normalized spacial score (nSPS) is 10.9. The molecule has 2 aromatic heterocycles. The molecular weight excluding hydrogens is 313 g/mol. The Kier molecular flexibility index (Phi) is 2.94. The first kappa shape index (κ1) is 12.1. The lowest BCUT2D eigenvalue weighted by atomic mass is 10.1. The van der Waals surface area contributed by atoms with Crippen molar-refractivity contribution in [2.45, 2.75) is 0 Å². The van der Waals surface area contributed by atoms with Crippen LogP contribution < -0.4 is 4.74 Å². The number of hydrogen-bond acceptors (Lipinski definition) is 3. The summed E-state index contributed by atoms with van der Waals surface area (Å²) in [5.74, 6) is 0.247. The average molecular weight is 322 g/mol. The molecule has 1 aromatic carbocycles. The Balaban J connectivity index is 2.20. The highest BCUT2D eigenvalue weighted by Crippen LogP contribution is 2.29. The molecule has 0 fully saturated rings. The Morgan fingerprint density at radius 1 is 1.26 bits per heavy atom. The number of imidazole rings is 1. The van der Waals surface area contributed by atoms with Gasteiger partial charge in [0.2, 0.25) is 0 Å². The first-order chi connectivity index (χ1) is 9.17. The van der Waals surface area contributed by atoms with Gasteiger partial charge in [-0.1, -0.05) is 0 Å². The molecule has 0 spiro atoms. The van der Waals surface area contributed by atoms with Gasteiger partial charge in [0, 0.05) is 5.56 Å². The maximum Gasteiger partial charge on any atom is 0.154 e. The Hall–Kier alpha value is -1.95. The Labute approximate surface area is 117 Å². The summed E-state index contributed by atoms with van der Waals surface area (Å²) in [4.78, 5) is 4.22. The lowest BCUT2D eigenvalue weighted by molar-refractivity contribution is 0.415. The monoisotopic (exact) mass is 321 g/mol. The van der Waals surface area contributed by atoms with E-state index >= 15 is 0 Å². The molecule has 0 aliphatic rings. The Bertz CT molecular complexity index is 757. The third kappa shape index (κ3) is 2.19. The molecule has 0 atom stereocenters. The smallest absolute Gasteiger partial charge is 0.154 e. The second-order valence-corrected chi connectivity index (χ2v) is 4.74. The molecule has 0 aliphatic heterocycles. The maximum absolute atomic E-state index is 13.4. The number of methoxy groups -OCH3 is 1. The third-order valence-electron chi connectivity index (χ3n) is 2.73. The van der Waals surface area contributed by atoms with Gasteiger partial charge in [0.15, 0.2) is 5.65 Å². The van der Waals surface area contributed by atoms with Crippen LogP contribution in [0.25, 0.3) is 16.9 Å². The minimum absolute atomic E-state index is 0.329. The topological polar surface area (TPSA) is 39.4 Å². The fourth-order valence-corrected chi connectivity index (χ4v) is 2.25. The van der Waals surface area contributed by atoms with E-state index in [1.807, 2.05) is 6.07 Å². The zero-order chi connectivity index (χ0) is 13.4. The summed E-state index contributed by atoms with van der Waals surface area (Å²) in [6, 6.07) is 7.94. The number of benzene rings is 1. The van der Waals surface area contributed by atoms with Gasteiger partial charge < -0.3 is 4.74 Å². The molecule has 0 aliphatic carbocycles. The van der Waals surface area contributed by atoms with Crippen LogP contribution in [0.2, 0.25) is 0 Å². The van der Waals surface area contributed by atoms with E-state index < -0.39 is 0 Å². The van der Waals surface area contributed by atoms with Gasteiger partial charge in [-0.3, -0.25) is 0 Å². The predicted octanol–water partition coefficient (Wildman–Crippen LogP) is 3.31. The van der Waals surface area contributed by atoms with Crippen molar-refractivity contribution < 1.29 is 9.13 Å². The van der Waals surface area contributed by atoms with E-state index in [2.05, 4.69) is 26.0 Å². The van der Waals surface area contributed by atoms with Crippen LogP contribution in [0.4, 0.5) is 4.39 Å². The van der Waals surface area contributed by atoms with Crippen LogP contribution in [0.5, 0.6) is 5.75 Å². The minimum atomic E-state index is -0.329. The van der Waals surface area contributed by atoms with Gasteiger partial charge in [0.1, 0.15) is 16.2 Å². The van der Waals surface area contributed by atoms with Gasteiger partial charge in [-0.05, 0) is 46.3 Å². The van der Waals surface area contributed by atoms with Crippen LogP contribution in [-0.4, -0.2) is 21.7 Å². The van der Waals surface area contributed by atoms with Crippen molar-refractivity contribution in [3.05, 3.63) is 46.9 Å².